The molecule has 0 spiro atoms. The second-order valence-electron chi connectivity index (χ2n) is 16.8. The highest BCUT2D eigenvalue weighted by Gasteiger charge is 2.44. The van der Waals surface area contributed by atoms with E-state index < -0.39 is 18.1 Å². The highest BCUT2D eigenvalue weighted by atomic mass is 32.1. The molecule has 0 bridgehead atoms. The molecule has 3 N–H and O–H groups in total. The molecule has 6 aromatic rings. The molecule has 3 aliphatic heterocycles. The molecule has 2 unspecified atom stereocenters. The summed E-state index contributed by atoms with van der Waals surface area (Å²) in [7, 11) is 0. The first-order valence-electron chi connectivity index (χ1n) is 20.9. The largest absolute Gasteiger partial charge is 0.507 e. The molecule has 16 heteroatoms. The molecule has 61 heavy (non-hydrogen) atoms. The molecule has 15 nitrogen and oxygen atoms in total. The van der Waals surface area contributed by atoms with Gasteiger partial charge in [0.2, 0.25) is 11.8 Å². The van der Waals surface area contributed by atoms with Crippen molar-refractivity contribution in [2.24, 2.45) is 5.92 Å². The van der Waals surface area contributed by atoms with Crippen LogP contribution in [0.5, 0.6) is 11.6 Å². The number of ether oxygens (including phenoxy) is 2. The van der Waals surface area contributed by atoms with Crippen LogP contribution in [0.15, 0.2) is 76.8 Å². The third-order valence-electron chi connectivity index (χ3n) is 12.2. The molecule has 3 aliphatic rings. The van der Waals surface area contributed by atoms with Crippen LogP contribution in [0.2, 0.25) is 0 Å². The first-order valence-corrected chi connectivity index (χ1v) is 21.8. The number of phenolic OH excluding ortho intramolecular Hbond substituents is 1. The Morgan fingerprint density at radius 2 is 1.80 bits per heavy atom. The summed E-state index contributed by atoms with van der Waals surface area (Å²) in [6.07, 6.45) is -0.682. The number of likely N-dealkylation sites (tertiary alicyclic amines) is 2. The molecule has 0 saturated carbocycles. The lowest BCUT2D eigenvalue weighted by Gasteiger charge is -2.41. The molecule has 7 heterocycles. The molecule has 2 amide bonds. The number of aryl methyl sites for hydroxylation is 1. The molecule has 2 aromatic carbocycles. The van der Waals surface area contributed by atoms with E-state index >= 15 is 0 Å². The van der Waals surface area contributed by atoms with Gasteiger partial charge in [-0.3, -0.25) is 14.5 Å². The molecule has 0 radical (unpaired) electrons. The van der Waals surface area contributed by atoms with Crippen LogP contribution < -0.4 is 10.1 Å². The highest BCUT2D eigenvalue weighted by molar-refractivity contribution is 7.13. The van der Waals surface area contributed by atoms with Crippen molar-refractivity contribution in [3.63, 3.8) is 0 Å². The third kappa shape index (κ3) is 8.12. The van der Waals surface area contributed by atoms with E-state index in [2.05, 4.69) is 41.2 Å². The van der Waals surface area contributed by atoms with E-state index in [0.717, 1.165) is 45.8 Å². The minimum Gasteiger partial charge on any atom is -0.507 e. The van der Waals surface area contributed by atoms with Gasteiger partial charge in [0.1, 0.15) is 29.8 Å². The van der Waals surface area contributed by atoms with E-state index in [1.54, 1.807) is 29.5 Å². The van der Waals surface area contributed by atoms with Gasteiger partial charge in [0, 0.05) is 55.8 Å². The Kier molecular flexibility index (Phi) is 11.3. The predicted octanol–water partition coefficient (Wildman–Crippen LogP) is 5.85. The lowest BCUT2D eigenvalue weighted by molar-refractivity contribution is -0.141. The van der Waals surface area contributed by atoms with Gasteiger partial charge in [-0.25, -0.2) is 4.98 Å². The molecule has 9 rings (SSSR count). The number of aromatic hydroxyl groups is 1. The van der Waals surface area contributed by atoms with E-state index in [4.69, 9.17) is 14.0 Å². The van der Waals surface area contributed by atoms with Crippen LogP contribution in [0, 0.1) is 12.8 Å². The van der Waals surface area contributed by atoms with E-state index in [9.17, 15) is 19.8 Å². The van der Waals surface area contributed by atoms with Crippen LogP contribution in [0.4, 0.5) is 0 Å². The van der Waals surface area contributed by atoms with E-state index in [1.165, 1.54) is 10.6 Å². The maximum Gasteiger partial charge on any atom is 0.254 e. The molecular weight excluding hydrogens is 797 g/mol. The summed E-state index contributed by atoms with van der Waals surface area (Å²) in [5.74, 6) is -0.430. The van der Waals surface area contributed by atoms with Crippen molar-refractivity contribution in [3.8, 4) is 33.3 Å². The molecular formula is C45H50N8O7S. The summed E-state index contributed by atoms with van der Waals surface area (Å²) in [6, 6.07) is 20.0. The number of benzene rings is 2. The maximum absolute atomic E-state index is 14.2. The van der Waals surface area contributed by atoms with Crippen molar-refractivity contribution in [3.05, 3.63) is 95.0 Å². The lowest BCUT2D eigenvalue weighted by atomic mass is 9.91. The number of β-amino-alcohol motifs (C(OH)–C–C–N with tert-alkyl or cyclic N) is 1. The van der Waals surface area contributed by atoms with Gasteiger partial charge in [0.05, 0.1) is 58.7 Å². The molecule has 0 aliphatic carbocycles. The zero-order chi connectivity index (χ0) is 42.4. The molecule has 4 aromatic heterocycles. The Morgan fingerprint density at radius 3 is 2.51 bits per heavy atom. The Bertz CT molecular complexity index is 2520. The standard InChI is InChI=1S/C45H50N8O7S/c1-25(2)42(45(57)52-21-32(54)15-38(52)44(56)47-26(3)28-9-11-29(12-10-28)43-27(4)46-24-61-43)40-18-41(50-60-40)59-14-13-51-19-30(20-51)36-17-35-37(53(36)31-22-58-23-31)16-34(48-49-35)33-7-5-6-8-39(33)55/h5-12,16-18,24-26,30-32,38,42,54-55H,13-15,19-23H2,1-4H3,(H,47,56)/t26?,32-,38+,42?/m1/s1. The van der Waals surface area contributed by atoms with Crippen molar-refractivity contribution < 1.29 is 33.8 Å². The summed E-state index contributed by atoms with van der Waals surface area (Å²) < 4.78 is 19.7. The number of rotatable bonds is 14. The second-order valence-corrected chi connectivity index (χ2v) is 17.6. The fourth-order valence-corrected chi connectivity index (χ4v) is 9.58. The van der Waals surface area contributed by atoms with Crippen LogP contribution in [0.3, 0.4) is 0 Å². The predicted molar refractivity (Wildman–Crippen MR) is 228 cm³/mol. The van der Waals surface area contributed by atoms with Gasteiger partial charge >= 0.3 is 0 Å². The zero-order valence-electron chi connectivity index (χ0n) is 34.6. The molecule has 3 saturated heterocycles. The minimum absolute atomic E-state index is 0.0492. The number of carbonyl (C=O) groups excluding carboxylic acids is 2. The normalized spacial score (nSPS) is 19.5. The summed E-state index contributed by atoms with van der Waals surface area (Å²) in [6.45, 7) is 11.8. The van der Waals surface area contributed by atoms with Crippen LogP contribution in [0.25, 0.3) is 32.7 Å². The van der Waals surface area contributed by atoms with Crippen molar-refractivity contribution in [2.45, 2.75) is 70.2 Å². The average Bonchev–Trinajstić information content (AvgIpc) is 4.02. The van der Waals surface area contributed by atoms with Crippen LogP contribution in [-0.2, 0) is 14.3 Å². The Labute approximate surface area is 357 Å². The van der Waals surface area contributed by atoms with Crippen molar-refractivity contribution in [2.75, 3.05) is 46.0 Å². The summed E-state index contributed by atoms with van der Waals surface area (Å²) in [4.78, 5) is 37.1. The van der Waals surface area contributed by atoms with Crippen molar-refractivity contribution >= 4 is 34.2 Å². The Hall–Kier alpha value is -5.68. The Balaban J connectivity index is 0.801. The fraction of sp³-hybridized carbons (Fsp3) is 0.422. The van der Waals surface area contributed by atoms with Gasteiger partial charge in [-0.1, -0.05) is 50.2 Å². The van der Waals surface area contributed by atoms with Gasteiger partial charge in [0.25, 0.3) is 5.88 Å². The number of aliphatic hydroxyl groups excluding tert-OH is 1. The SMILES string of the molecule is Cc1ncsc1-c1ccc(C(C)NC(=O)[C@@H]2C[C@@H](O)CN2C(=O)C(c2cc(OCCN3CC(c4cc5nnc(-c6ccccc6O)cc5n4C4COC4)C3)no2)C(C)C)cc1. The van der Waals surface area contributed by atoms with Crippen LogP contribution in [0.1, 0.15) is 73.8 Å². The first-order chi connectivity index (χ1) is 29.5. The van der Waals surface area contributed by atoms with Crippen molar-refractivity contribution in [1.82, 2.24) is 40.0 Å². The number of aromatic nitrogens is 5. The number of carbonyl (C=O) groups is 2. The van der Waals surface area contributed by atoms with Gasteiger partial charge in [-0.15, -0.1) is 21.5 Å². The summed E-state index contributed by atoms with van der Waals surface area (Å²) in [5, 5.41) is 37.3. The first kappa shape index (κ1) is 40.7. The third-order valence-corrected chi connectivity index (χ3v) is 13.2. The van der Waals surface area contributed by atoms with Crippen LogP contribution >= 0.6 is 11.3 Å². The number of phenols is 1. The van der Waals surface area contributed by atoms with Gasteiger partial charge in [0.15, 0.2) is 5.76 Å². The van der Waals surface area contributed by atoms with Gasteiger partial charge in [-0.05, 0) is 60.3 Å². The lowest BCUT2D eigenvalue weighted by Crippen LogP contribution is -2.48. The number of amides is 2. The number of hydrogen-bond acceptors (Lipinski definition) is 13. The second kappa shape index (κ2) is 17.0. The van der Waals surface area contributed by atoms with Crippen LogP contribution in [-0.4, -0.2) is 115 Å². The number of hydrogen-bond donors (Lipinski definition) is 3. The monoisotopic (exact) mass is 846 g/mol. The number of nitrogens with one attached hydrogen (secondary N) is 1. The zero-order valence-corrected chi connectivity index (χ0v) is 35.4. The number of nitrogens with zero attached hydrogens (tertiary/aromatic N) is 7. The average molecular weight is 847 g/mol. The van der Waals surface area contributed by atoms with E-state index in [-0.39, 0.29) is 54.4 Å². The number of aliphatic hydroxyl groups is 1. The van der Waals surface area contributed by atoms with Crippen molar-refractivity contribution in [1.29, 1.82) is 0 Å². The smallest absolute Gasteiger partial charge is 0.254 e. The van der Waals surface area contributed by atoms with E-state index in [0.29, 0.717) is 49.3 Å². The van der Waals surface area contributed by atoms with E-state index in [1.807, 2.05) is 75.7 Å². The Morgan fingerprint density at radius 1 is 1.02 bits per heavy atom. The quantitative estimate of drug-likeness (QED) is 0.119. The molecule has 318 valence electrons. The molecule has 3 fully saturated rings. The topological polar surface area (TPSA) is 181 Å². The fourth-order valence-electron chi connectivity index (χ4n) is 8.77. The molecule has 4 atom stereocenters. The number of para-hydroxylation sites is 1. The summed E-state index contributed by atoms with van der Waals surface area (Å²) in [5.41, 5.74) is 9.06. The van der Waals surface area contributed by atoms with Gasteiger partial charge < -0.3 is 39.0 Å². The summed E-state index contributed by atoms with van der Waals surface area (Å²) >= 11 is 1.59. The highest BCUT2D eigenvalue weighted by Crippen LogP contribution is 2.38. The number of thiazole rings is 1. The van der Waals surface area contributed by atoms with Gasteiger partial charge in [-0.2, -0.15) is 0 Å². The number of fused-ring (bicyclic) bond motifs is 1. The maximum atomic E-state index is 14.2. The minimum atomic E-state index is -0.832.